The summed E-state index contributed by atoms with van der Waals surface area (Å²) < 4.78 is 66.9. The van der Waals surface area contributed by atoms with Gasteiger partial charge in [-0.05, 0) is 29.8 Å². The summed E-state index contributed by atoms with van der Waals surface area (Å²) in [6.07, 6.45) is -2.35. The maximum Gasteiger partial charge on any atom is 0.416 e. The lowest BCUT2D eigenvalue weighted by molar-refractivity contribution is -0.137. The summed E-state index contributed by atoms with van der Waals surface area (Å²) in [5, 5.41) is 8.89. The fourth-order valence-electron chi connectivity index (χ4n) is 4.68. The molecule has 5 rings (SSSR count). The molecule has 1 saturated heterocycles. The minimum absolute atomic E-state index is 0.186. The van der Waals surface area contributed by atoms with Gasteiger partial charge in [0.15, 0.2) is 5.82 Å². The zero-order chi connectivity index (χ0) is 29.1. The van der Waals surface area contributed by atoms with Gasteiger partial charge in [-0.3, -0.25) is 10.2 Å². The molecule has 41 heavy (non-hydrogen) atoms. The Hall–Kier alpha value is -4.34. The molecular formula is C26H26F4N8O3. The predicted octanol–water partition coefficient (Wildman–Crippen LogP) is 4.15. The highest BCUT2D eigenvalue weighted by Crippen LogP contribution is 2.37. The Labute approximate surface area is 231 Å². The van der Waals surface area contributed by atoms with Crippen LogP contribution in [0.4, 0.5) is 39.7 Å². The molecule has 0 spiro atoms. The van der Waals surface area contributed by atoms with Crippen molar-refractivity contribution in [1.82, 2.24) is 24.5 Å². The average Bonchev–Trinajstić information content (AvgIpc) is 3.24. The van der Waals surface area contributed by atoms with E-state index in [1.807, 2.05) is 0 Å². The third-order valence-corrected chi connectivity index (χ3v) is 6.56. The quantitative estimate of drug-likeness (QED) is 0.281. The van der Waals surface area contributed by atoms with E-state index in [4.69, 9.17) is 15.2 Å². The predicted molar refractivity (Wildman–Crippen MR) is 141 cm³/mol. The van der Waals surface area contributed by atoms with Crippen LogP contribution in [-0.2, 0) is 28.8 Å². The number of nitrogens with zero attached hydrogens (tertiary/aromatic N) is 5. The van der Waals surface area contributed by atoms with E-state index in [1.54, 1.807) is 17.7 Å². The smallest absolute Gasteiger partial charge is 0.382 e. The number of anilines is 3. The Morgan fingerprint density at radius 3 is 2.63 bits per heavy atom. The molecule has 2 amide bonds. The molecule has 0 unspecified atom stereocenters. The molecule has 15 heteroatoms. The van der Waals surface area contributed by atoms with Gasteiger partial charge in [-0.2, -0.15) is 18.3 Å². The zero-order valence-corrected chi connectivity index (χ0v) is 21.8. The van der Waals surface area contributed by atoms with Gasteiger partial charge in [0.1, 0.15) is 23.5 Å². The Balaban J connectivity index is 1.46. The molecule has 1 aromatic carbocycles. The van der Waals surface area contributed by atoms with Gasteiger partial charge in [0.25, 0.3) is 0 Å². The molecule has 216 valence electrons. The van der Waals surface area contributed by atoms with Gasteiger partial charge in [0, 0.05) is 44.1 Å². The van der Waals surface area contributed by atoms with Gasteiger partial charge in [-0.15, -0.1) is 0 Å². The largest absolute Gasteiger partial charge is 0.416 e. The van der Waals surface area contributed by atoms with Gasteiger partial charge in [-0.25, -0.2) is 23.7 Å². The first-order valence-corrected chi connectivity index (χ1v) is 12.5. The molecule has 3 aromatic heterocycles. The number of nitrogens with one attached hydrogen (secondary N) is 2. The van der Waals surface area contributed by atoms with E-state index in [0.29, 0.717) is 42.5 Å². The van der Waals surface area contributed by atoms with Crippen LogP contribution in [0.15, 0.2) is 42.9 Å². The topological polar surface area (TPSA) is 132 Å². The number of urea groups is 1. The monoisotopic (exact) mass is 574 g/mol. The van der Waals surface area contributed by atoms with Gasteiger partial charge >= 0.3 is 12.2 Å². The number of benzene rings is 1. The van der Waals surface area contributed by atoms with Crippen molar-refractivity contribution in [2.45, 2.75) is 19.3 Å². The lowest BCUT2D eigenvalue weighted by Gasteiger charge is -2.26. The van der Waals surface area contributed by atoms with Crippen LogP contribution in [0.1, 0.15) is 16.8 Å². The average molecular weight is 575 g/mol. The normalized spacial score (nSPS) is 14.4. The number of methoxy groups -OCH3 is 1. The second-order valence-electron chi connectivity index (χ2n) is 9.23. The number of nitrogen functional groups attached to an aromatic ring is 1. The Morgan fingerprint density at radius 2 is 1.93 bits per heavy atom. The maximum absolute atomic E-state index is 15.3. The number of rotatable bonds is 7. The Bertz CT molecular complexity index is 1570. The summed E-state index contributed by atoms with van der Waals surface area (Å²) in [5.41, 5.74) is 8.14. The highest BCUT2D eigenvalue weighted by Gasteiger charge is 2.31. The van der Waals surface area contributed by atoms with Crippen molar-refractivity contribution in [2.75, 3.05) is 49.8 Å². The molecule has 4 N–H and O–H groups in total. The summed E-state index contributed by atoms with van der Waals surface area (Å²) in [6, 6.07) is 4.62. The molecule has 1 aliphatic heterocycles. The summed E-state index contributed by atoms with van der Waals surface area (Å²) in [7, 11) is 1.55. The number of alkyl halides is 3. The van der Waals surface area contributed by atoms with Crippen LogP contribution in [-0.4, -0.2) is 63.9 Å². The minimum atomic E-state index is -4.61. The Kier molecular flexibility index (Phi) is 8.01. The molecule has 1 aliphatic rings. The molecule has 0 saturated carbocycles. The first-order valence-electron chi connectivity index (χ1n) is 12.5. The van der Waals surface area contributed by atoms with Crippen LogP contribution in [0, 0.1) is 5.82 Å². The molecule has 0 bridgehead atoms. The van der Waals surface area contributed by atoms with Crippen molar-refractivity contribution in [2.24, 2.45) is 0 Å². The molecule has 4 heterocycles. The number of ether oxygens (including phenoxy) is 2. The van der Waals surface area contributed by atoms with Gasteiger partial charge in [0.05, 0.1) is 36.8 Å². The fourth-order valence-corrected chi connectivity index (χ4v) is 4.68. The van der Waals surface area contributed by atoms with E-state index in [9.17, 15) is 18.0 Å². The first-order chi connectivity index (χ1) is 19.7. The van der Waals surface area contributed by atoms with E-state index in [2.05, 4.69) is 30.6 Å². The number of halogens is 4. The molecule has 1 fully saturated rings. The third-order valence-electron chi connectivity index (χ3n) is 6.56. The minimum Gasteiger partial charge on any atom is -0.382 e. The Morgan fingerprint density at radius 1 is 1.15 bits per heavy atom. The van der Waals surface area contributed by atoms with Crippen LogP contribution in [0.3, 0.4) is 0 Å². The number of hydrogen-bond donors (Lipinski definition) is 3. The first kappa shape index (κ1) is 28.2. The van der Waals surface area contributed by atoms with Crippen LogP contribution in [0.2, 0.25) is 0 Å². The molecule has 4 aromatic rings. The van der Waals surface area contributed by atoms with E-state index in [0.717, 1.165) is 36.6 Å². The lowest BCUT2D eigenvalue weighted by atomic mass is 10.0. The number of hydrogen-bond acceptors (Lipinski definition) is 8. The third kappa shape index (κ3) is 6.06. The summed E-state index contributed by atoms with van der Waals surface area (Å²) in [6.45, 7) is 3.36. The highest BCUT2D eigenvalue weighted by atomic mass is 19.4. The zero-order valence-electron chi connectivity index (χ0n) is 21.8. The highest BCUT2D eigenvalue weighted by molar-refractivity contribution is 5.99. The van der Waals surface area contributed by atoms with E-state index in [-0.39, 0.29) is 23.9 Å². The number of carbonyl (C=O) groups is 1. The number of amides is 2. The number of nitrogens with two attached hydrogens (primary N) is 1. The molecule has 11 nitrogen and oxygen atoms in total. The second-order valence-corrected chi connectivity index (χ2v) is 9.23. The summed E-state index contributed by atoms with van der Waals surface area (Å²) >= 11 is 0. The summed E-state index contributed by atoms with van der Waals surface area (Å²) in [5.74, 6) is -0.944. The van der Waals surface area contributed by atoms with Crippen LogP contribution in [0.25, 0.3) is 16.6 Å². The van der Waals surface area contributed by atoms with Crippen LogP contribution in [0.5, 0.6) is 0 Å². The van der Waals surface area contributed by atoms with E-state index >= 15 is 4.39 Å². The van der Waals surface area contributed by atoms with Crippen LogP contribution < -0.4 is 16.4 Å². The van der Waals surface area contributed by atoms with E-state index in [1.165, 1.54) is 18.5 Å². The van der Waals surface area contributed by atoms with Crippen molar-refractivity contribution in [3.05, 3.63) is 65.5 Å². The molecule has 0 aliphatic carbocycles. The van der Waals surface area contributed by atoms with Gasteiger partial charge in [-0.1, -0.05) is 6.07 Å². The van der Waals surface area contributed by atoms with E-state index < -0.39 is 23.6 Å². The van der Waals surface area contributed by atoms with Gasteiger partial charge < -0.3 is 20.5 Å². The number of carbonyl (C=O) groups excluding carboxylic acids is 1. The second kappa shape index (κ2) is 11.6. The van der Waals surface area contributed by atoms with Crippen LogP contribution >= 0.6 is 0 Å². The van der Waals surface area contributed by atoms with Crippen molar-refractivity contribution in [1.29, 1.82) is 0 Å². The standard InChI is InChI=1S/C26H26F4N8O3/c1-40-13-17-20(12-37-6-8-41-9-7-37)38-23(24(31)33-14-34-38)22(17)15-2-3-19(18(27)10-15)35-25(39)36-21-11-16(4-5-32-21)26(28,29)30/h2-5,10-11,14H,6-9,12-13H2,1H3,(H2,31,33,34)(H2,32,35,36,39). The SMILES string of the molecule is COCc1c(-c2ccc(NC(=O)Nc3cc(C(F)(F)F)ccn3)c(F)c2)c2c(N)ncnn2c1CN1CCOCC1. The number of aromatic nitrogens is 4. The molecule has 0 atom stereocenters. The van der Waals surface area contributed by atoms with Crippen molar-refractivity contribution >= 4 is 28.9 Å². The van der Waals surface area contributed by atoms with Crippen molar-refractivity contribution < 1.29 is 31.8 Å². The van der Waals surface area contributed by atoms with Crippen molar-refractivity contribution in [3.63, 3.8) is 0 Å². The van der Waals surface area contributed by atoms with Gasteiger partial charge in [0.2, 0.25) is 0 Å². The van der Waals surface area contributed by atoms with Crippen molar-refractivity contribution in [3.8, 4) is 11.1 Å². The maximum atomic E-state index is 15.3. The number of morpholine rings is 1. The number of pyridine rings is 1. The number of fused-ring (bicyclic) bond motifs is 1. The lowest BCUT2D eigenvalue weighted by Crippen LogP contribution is -2.36. The molecule has 0 radical (unpaired) electrons. The summed E-state index contributed by atoms with van der Waals surface area (Å²) in [4.78, 5) is 22.5. The molecular weight excluding hydrogens is 548 g/mol. The fraction of sp³-hybridized carbons (Fsp3) is 0.308.